The van der Waals surface area contributed by atoms with Gasteiger partial charge in [-0.2, -0.15) is 15.0 Å². The van der Waals surface area contributed by atoms with Gasteiger partial charge >= 0.3 is 0 Å². The van der Waals surface area contributed by atoms with Crippen molar-refractivity contribution in [3.05, 3.63) is 59.6 Å². The number of carbonyl (C=O) groups is 1. The van der Waals surface area contributed by atoms with Gasteiger partial charge in [-0.05, 0) is 45.7 Å². The zero-order chi connectivity index (χ0) is 20.6. The van der Waals surface area contributed by atoms with Crippen molar-refractivity contribution in [3.63, 3.8) is 0 Å². The van der Waals surface area contributed by atoms with Crippen LogP contribution < -0.4 is 0 Å². The second-order valence-electron chi connectivity index (χ2n) is 7.89. The molecule has 1 aliphatic rings. The van der Waals surface area contributed by atoms with Crippen molar-refractivity contribution < 1.29 is 14.3 Å². The maximum atomic E-state index is 13.4. The average Bonchev–Trinajstić information content (AvgIpc) is 3.21. The van der Waals surface area contributed by atoms with E-state index in [0.29, 0.717) is 41.6 Å². The molecule has 0 spiro atoms. The van der Waals surface area contributed by atoms with Gasteiger partial charge in [0.15, 0.2) is 5.89 Å². The number of carbonyl (C=O) groups excluding carboxylic acids is 1. The lowest BCUT2D eigenvalue weighted by Crippen LogP contribution is -2.35. The maximum absolute atomic E-state index is 13.4. The van der Waals surface area contributed by atoms with Crippen LogP contribution in [0, 0.1) is 6.92 Å². The molecule has 3 aromatic rings. The first kappa shape index (κ1) is 19.3. The van der Waals surface area contributed by atoms with Crippen LogP contribution in [-0.4, -0.2) is 48.5 Å². The second-order valence-corrected chi connectivity index (χ2v) is 7.89. The highest BCUT2D eigenvalue weighted by Gasteiger charge is 2.34. The number of aromatic nitrogens is 4. The van der Waals surface area contributed by atoms with Crippen LogP contribution in [0.3, 0.4) is 0 Å². The molecule has 4 rings (SSSR count). The Balaban J connectivity index is 1.55. The molecule has 152 valence electrons. The van der Waals surface area contributed by atoms with Gasteiger partial charge < -0.3 is 14.4 Å². The number of amides is 1. The molecule has 2 heterocycles. The lowest BCUT2D eigenvalue weighted by Gasteiger charge is -2.23. The molecular formula is C21H25N5O3. The molecule has 29 heavy (non-hydrogen) atoms. The summed E-state index contributed by atoms with van der Waals surface area (Å²) >= 11 is 0. The predicted molar refractivity (Wildman–Crippen MR) is 106 cm³/mol. The lowest BCUT2D eigenvalue weighted by molar-refractivity contribution is 0.0722. The molecule has 0 radical (unpaired) electrons. The molecule has 8 nitrogen and oxygen atoms in total. The van der Waals surface area contributed by atoms with Crippen LogP contribution in [0.1, 0.15) is 54.4 Å². The summed E-state index contributed by atoms with van der Waals surface area (Å²) in [6.07, 6.45) is 5.65. The largest absolute Gasteiger partial charge is 0.446 e. The number of aliphatic hydroxyl groups is 1. The first-order valence-corrected chi connectivity index (χ1v) is 9.80. The minimum Gasteiger partial charge on any atom is -0.446 e. The van der Waals surface area contributed by atoms with Gasteiger partial charge in [-0.25, -0.2) is 4.98 Å². The minimum atomic E-state index is -1.06. The van der Waals surface area contributed by atoms with Crippen LogP contribution in [0.15, 0.2) is 41.1 Å². The summed E-state index contributed by atoms with van der Waals surface area (Å²) in [6.45, 7) is 5.65. The number of rotatable bonds is 7. The van der Waals surface area contributed by atoms with Crippen LogP contribution in [0.2, 0.25) is 0 Å². The first-order valence-electron chi connectivity index (χ1n) is 9.80. The van der Waals surface area contributed by atoms with E-state index < -0.39 is 5.60 Å². The summed E-state index contributed by atoms with van der Waals surface area (Å²) in [5.74, 6) is 1.08. The van der Waals surface area contributed by atoms with Crippen molar-refractivity contribution in [2.75, 3.05) is 6.54 Å². The summed E-state index contributed by atoms with van der Waals surface area (Å²) in [6, 6.07) is 7.58. The fraction of sp³-hybridized carbons (Fsp3) is 0.429. The van der Waals surface area contributed by atoms with Gasteiger partial charge in [0, 0.05) is 19.0 Å². The minimum absolute atomic E-state index is 0.0496. The topological polar surface area (TPSA) is 97.3 Å². The number of aryl methyl sites for hydroxylation is 1. The van der Waals surface area contributed by atoms with Gasteiger partial charge in [0.1, 0.15) is 17.1 Å². The van der Waals surface area contributed by atoms with Crippen LogP contribution in [-0.2, 0) is 12.0 Å². The molecule has 1 saturated carbocycles. The quantitative estimate of drug-likeness (QED) is 0.660. The summed E-state index contributed by atoms with van der Waals surface area (Å²) in [5.41, 5.74) is 0.695. The zero-order valence-corrected chi connectivity index (χ0v) is 16.9. The third-order valence-electron chi connectivity index (χ3n) is 5.00. The monoisotopic (exact) mass is 395 g/mol. The van der Waals surface area contributed by atoms with E-state index in [-0.39, 0.29) is 11.9 Å². The number of hydrogen-bond acceptors (Lipinski definition) is 6. The number of nitrogens with zero attached hydrogens (tertiary/aromatic N) is 5. The highest BCUT2D eigenvalue weighted by molar-refractivity contribution is 5.98. The molecular weight excluding hydrogens is 370 g/mol. The van der Waals surface area contributed by atoms with E-state index in [4.69, 9.17) is 4.42 Å². The smallest absolute Gasteiger partial charge is 0.256 e. The van der Waals surface area contributed by atoms with Gasteiger partial charge in [0.05, 0.1) is 23.6 Å². The van der Waals surface area contributed by atoms with Crippen LogP contribution in [0.5, 0.6) is 0 Å². The fourth-order valence-electron chi connectivity index (χ4n) is 3.50. The number of para-hydroxylation sites is 1. The maximum Gasteiger partial charge on any atom is 0.256 e. The summed E-state index contributed by atoms with van der Waals surface area (Å²) in [4.78, 5) is 21.1. The van der Waals surface area contributed by atoms with E-state index in [1.165, 1.54) is 4.80 Å². The highest BCUT2D eigenvalue weighted by atomic mass is 16.4. The number of benzene rings is 1. The Morgan fingerprint density at radius 1 is 1.28 bits per heavy atom. The van der Waals surface area contributed by atoms with Gasteiger partial charge in [0.2, 0.25) is 0 Å². The van der Waals surface area contributed by atoms with Crippen LogP contribution in [0.25, 0.3) is 5.69 Å². The molecule has 0 atom stereocenters. The number of oxazole rings is 1. The van der Waals surface area contributed by atoms with Crippen molar-refractivity contribution >= 4 is 5.91 Å². The van der Waals surface area contributed by atoms with Crippen molar-refractivity contribution in [2.45, 2.75) is 51.7 Å². The van der Waals surface area contributed by atoms with Crippen molar-refractivity contribution in [3.8, 4) is 5.69 Å². The Labute approximate surface area is 169 Å². The summed E-state index contributed by atoms with van der Waals surface area (Å²) in [5, 5.41) is 18.5. The van der Waals surface area contributed by atoms with Crippen LogP contribution in [0.4, 0.5) is 0 Å². The van der Waals surface area contributed by atoms with Gasteiger partial charge in [0.25, 0.3) is 5.91 Å². The molecule has 1 N–H and O–H groups in total. The van der Waals surface area contributed by atoms with E-state index in [0.717, 1.165) is 12.8 Å². The molecule has 2 aromatic heterocycles. The standard InChI is InChI=1S/C21H25N5O3/c1-14-19(21(2,3)28)24-18(29-14)10-13-25(15-8-9-15)20(27)16-6-4-5-7-17(16)26-22-11-12-23-26/h4-7,11-12,15,28H,8-10,13H2,1-3H3. The molecule has 8 heteroatoms. The van der Waals surface area contributed by atoms with Crippen LogP contribution >= 0.6 is 0 Å². The van der Waals surface area contributed by atoms with Gasteiger partial charge in [-0.1, -0.05) is 12.1 Å². The van der Waals surface area contributed by atoms with Gasteiger partial charge in [-0.3, -0.25) is 4.79 Å². The summed E-state index contributed by atoms with van der Waals surface area (Å²) < 4.78 is 5.73. The molecule has 0 aliphatic heterocycles. The lowest BCUT2D eigenvalue weighted by atomic mass is 10.0. The average molecular weight is 395 g/mol. The zero-order valence-electron chi connectivity index (χ0n) is 16.9. The second kappa shape index (κ2) is 7.44. The predicted octanol–water partition coefficient (Wildman–Crippen LogP) is 2.64. The molecule has 1 aromatic carbocycles. The van der Waals surface area contributed by atoms with E-state index >= 15 is 0 Å². The first-order chi connectivity index (χ1) is 13.8. The fourth-order valence-corrected chi connectivity index (χ4v) is 3.50. The van der Waals surface area contributed by atoms with Crippen molar-refractivity contribution in [1.82, 2.24) is 24.9 Å². The van der Waals surface area contributed by atoms with Crippen molar-refractivity contribution in [2.24, 2.45) is 0 Å². The van der Waals surface area contributed by atoms with Crippen molar-refractivity contribution in [1.29, 1.82) is 0 Å². The van der Waals surface area contributed by atoms with E-state index in [9.17, 15) is 9.90 Å². The third-order valence-corrected chi connectivity index (χ3v) is 5.00. The molecule has 1 fully saturated rings. The number of hydrogen-bond donors (Lipinski definition) is 1. The Morgan fingerprint density at radius 3 is 2.59 bits per heavy atom. The SMILES string of the molecule is Cc1oc(CCN(C(=O)c2ccccc2-n2nccn2)C2CC2)nc1C(C)(C)O. The Morgan fingerprint density at radius 2 is 1.97 bits per heavy atom. The van der Waals surface area contributed by atoms with Gasteiger partial charge in [-0.15, -0.1) is 0 Å². The molecule has 0 saturated heterocycles. The molecule has 0 unspecified atom stereocenters. The molecule has 0 bridgehead atoms. The Kier molecular flexibility index (Phi) is 4.96. The van der Waals surface area contributed by atoms with E-state index in [1.54, 1.807) is 39.2 Å². The molecule has 1 amide bonds. The third kappa shape index (κ3) is 4.07. The Bertz CT molecular complexity index is 1000. The highest BCUT2D eigenvalue weighted by Crippen LogP contribution is 2.30. The summed E-state index contributed by atoms with van der Waals surface area (Å²) in [7, 11) is 0. The Hall–Kier alpha value is -3.00. The van der Waals surface area contributed by atoms with E-state index in [1.807, 2.05) is 23.1 Å². The normalized spacial score (nSPS) is 14.2. The molecule has 1 aliphatic carbocycles. The van der Waals surface area contributed by atoms with E-state index in [2.05, 4.69) is 15.2 Å².